The van der Waals surface area contributed by atoms with E-state index in [1.54, 1.807) is 24.0 Å². The third-order valence-corrected chi connectivity index (χ3v) is 2.41. The molecule has 2 rings (SSSR count). The van der Waals surface area contributed by atoms with Crippen LogP contribution < -0.4 is 11.1 Å². The van der Waals surface area contributed by atoms with E-state index in [0.717, 1.165) is 5.56 Å². The van der Waals surface area contributed by atoms with Crippen molar-refractivity contribution in [3.8, 4) is 0 Å². The van der Waals surface area contributed by atoms with Crippen molar-refractivity contribution in [2.24, 2.45) is 12.8 Å². The summed E-state index contributed by atoms with van der Waals surface area (Å²) in [6, 6.07) is 10.3. The molecule has 1 aromatic carbocycles. The molecule has 3 N–H and O–H groups in total. The number of nitrogens with one attached hydrogen (secondary N) is 1. The number of aromatic nitrogens is 2. The lowest BCUT2D eigenvalue weighted by Crippen LogP contribution is -2.27. The second kappa shape index (κ2) is 4.80. The van der Waals surface area contributed by atoms with Gasteiger partial charge in [-0.25, -0.2) is 0 Å². The summed E-state index contributed by atoms with van der Waals surface area (Å²) in [7, 11) is 1.78. The average molecular weight is 230 g/mol. The minimum atomic E-state index is -0.682. The van der Waals surface area contributed by atoms with Crippen LogP contribution in [-0.4, -0.2) is 15.7 Å². The topological polar surface area (TPSA) is 72.9 Å². The van der Waals surface area contributed by atoms with Gasteiger partial charge in [-0.3, -0.25) is 9.48 Å². The fourth-order valence-electron chi connectivity index (χ4n) is 1.50. The highest BCUT2D eigenvalue weighted by atomic mass is 16.2. The van der Waals surface area contributed by atoms with E-state index >= 15 is 0 Å². The van der Waals surface area contributed by atoms with Gasteiger partial charge in [0.15, 0.2) is 5.82 Å². The van der Waals surface area contributed by atoms with Crippen LogP contribution in [0.25, 0.3) is 0 Å². The molecule has 0 bridgehead atoms. The molecule has 0 saturated heterocycles. The van der Waals surface area contributed by atoms with Crippen molar-refractivity contribution in [3.63, 3.8) is 0 Å². The fraction of sp³-hybridized carbons (Fsp3) is 0.167. The summed E-state index contributed by atoms with van der Waals surface area (Å²) < 4.78 is 1.61. The summed E-state index contributed by atoms with van der Waals surface area (Å²) >= 11 is 0. The van der Waals surface area contributed by atoms with Crippen LogP contribution in [0.4, 0.5) is 5.82 Å². The van der Waals surface area contributed by atoms with Gasteiger partial charge in [-0.05, 0) is 5.56 Å². The molecular formula is C12H14N4O. The van der Waals surface area contributed by atoms with Crippen molar-refractivity contribution >= 4 is 11.7 Å². The first-order valence-corrected chi connectivity index (χ1v) is 5.28. The summed E-state index contributed by atoms with van der Waals surface area (Å²) in [5.41, 5.74) is 6.63. The Kier molecular flexibility index (Phi) is 3.20. The lowest BCUT2D eigenvalue weighted by molar-refractivity contribution is -0.117. The van der Waals surface area contributed by atoms with Gasteiger partial charge >= 0.3 is 0 Å². The lowest BCUT2D eigenvalue weighted by atomic mass is 10.1. The number of carbonyl (C=O) groups excluding carboxylic acids is 1. The highest BCUT2D eigenvalue weighted by Gasteiger charge is 2.16. The predicted molar refractivity (Wildman–Crippen MR) is 65.2 cm³/mol. The van der Waals surface area contributed by atoms with Crippen LogP contribution in [0, 0.1) is 0 Å². The molecule has 0 fully saturated rings. The van der Waals surface area contributed by atoms with E-state index in [0.29, 0.717) is 5.82 Å². The highest BCUT2D eigenvalue weighted by Crippen LogP contribution is 2.12. The second-order valence-electron chi connectivity index (χ2n) is 3.75. The van der Waals surface area contributed by atoms with E-state index in [1.807, 2.05) is 30.3 Å². The normalized spacial score (nSPS) is 12.1. The first-order chi connectivity index (χ1) is 8.16. The number of amides is 1. The highest BCUT2D eigenvalue weighted by molar-refractivity contribution is 5.94. The first kappa shape index (κ1) is 11.3. The molecule has 0 aliphatic rings. The van der Waals surface area contributed by atoms with Crippen molar-refractivity contribution < 1.29 is 4.79 Å². The van der Waals surface area contributed by atoms with E-state index in [2.05, 4.69) is 10.4 Å². The standard InChI is InChI=1S/C12H14N4O/c1-16-8-7-10(15-16)14-12(17)11(13)9-5-3-2-4-6-9/h2-8,11H,13H2,1H3,(H,14,15,17)/t11-/m1/s1. The Labute approximate surface area is 99.2 Å². The van der Waals surface area contributed by atoms with Crippen molar-refractivity contribution in [2.75, 3.05) is 5.32 Å². The smallest absolute Gasteiger partial charge is 0.247 e. The second-order valence-corrected chi connectivity index (χ2v) is 3.75. The van der Waals surface area contributed by atoms with E-state index in [4.69, 9.17) is 5.73 Å². The van der Waals surface area contributed by atoms with Crippen LogP contribution in [0.3, 0.4) is 0 Å². The number of aryl methyl sites for hydroxylation is 1. The minimum absolute atomic E-state index is 0.269. The van der Waals surface area contributed by atoms with Gasteiger partial charge in [0.05, 0.1) is 0 Å². The lowest BCUT2D eigenvalue weighted by Gasteiger charge is -2.10. The van der Waals surface area contributed by atoms with Gasteiger partial charge in [-0.1, -0.05) is 30.3 Å². The van der Waals surface area contributed by atoms with E-state index in [9.17, 15) is 4.79 Å². The third kappa shape index (κ3) is 2.70. The van der Waals surface area contributed by atoms with E-state index < -0.39 is 6.04 Å². The van der Waals surface area contributed by atoms with Crippen LogP contribution in [0.5, 0.6) is 0 Å². The molecule has 0 saturated carbocycles. The van der Waals surface area contributed by atoms with Crippen LogP contribution in [0.15, 0.2) is 42.6 Å². The summed E-state index contributed by atoms with van der Waals surface area (Å²) in [6.07, 6.45) is 1.75. The molecule has 0 radical (unpaired) electrons. The summed E-state index contributed by atoms with van der Waals surface area (Å²) in [6.45, 7) is 0. The molecule has 2 aromatic rings. The van der Waals surface area contributed by atoms with Gasteiger partial charge in [0, 0.05) is 19.3 Å². The SMILES string of the molecule is Cn1ccc(NC(=O)[C@H](N)c2ccccc2)n1. The van der Waals surface area contributed by atoms with Crippen molar-refractivity contribution in [1.29, 1.82) is 0 Å². The molecule has 0 unspecified atom stereocenters. The van der Waals surface area contributed by atoms with Crippen LogP contribution >= 0.6 is 0 Å². The molecule has 0 aliphatic heterocycles. The molecule has 1 atom stereocenters. The molecule has 5 nitrogen and oxygen atoms in total. The van der Waals surface area contributed by atoms with Crippen LogP contribution in [0.1, 0.15) is 11.6 Å². The maximum absolute atomic E-state index is 11.8. The monoisotopic (exact) mass is 230 g/mol. The zero-order valence-electron chi connectivity index (χ0n) is 9.50. The number of hydrogen-bond acceptors (Lipinski definition) is 3. The zero-order chi connectivity index (χ0) is 12.3. The Morgan fingerprint density at radius 3 is 2.65 bits per heavy atom. The zero-order valence-corrected chi connectivity index (χ0v) is 9.50. The number of nitrogens with zero attached hydrogens (tertiary/aromatic N) is 2. The van der Waals surface area contributed by atoms with Gasteiger partial charge < -0.3 is 11.1 Å². The van der Waals surface area contributed by atoms with Gasteiger partial charge in [-0.2, -0.15) is 5.10 Å². The third-order valence-electron chi connectivity index (χ3n) is 2.41. The molecule has 5 heteroatoms. The largest absolute Gasteiger partial charge is 0.316 e. The van der Waals surface area contributed by atoms with Gasteiger partial charge in [-0.15, -0.1) is 0 Å². The Bertz CT molecular complexity index is 506. The Morgan fingerprint density at radius 1 is 1.35 bits per heavy atom. The van der Waals surface area contributed by atoms with E-state index in [1.165, 1.54) is 0 Å². The first-order valence-electron chi connectivity index (χ1n) is 5.28. The maximum Gasteiger partial charge on any atom is 0.247 e. The molecule has 88 valence electrons. The number of rotatable bonds is 3. The number of carbonyl (C=O) groups is 1. The number of anilines is 1. The minimum Gasteiger partial charge on any atom is -0.316 e. The quantitative estimate of drug-likeness (QED) is 0.828. The van der Waals surface area contributed by atoms with Gasteiger partial charge in [0.25, 0.3) is 0 Å². The van der Waals surface area contributed by atoms with Crippen molar-refractivity contribution in [3.05, 3.63) is 48.2 Å². The molecule has 1 aromatic heterocycles. The Morgan fingerprint density at radius 2 is 2.06 bits per heavy atom. The predicted octanol–water partition coefficient (Wildman–Crippen LogP) is 1.06. The summed E-state index contributed by atoms with van der Waals surface area (Å²) in [5.74, 6) is 0.235. The molecule has 17 heavy (non-hydrogen) atoms. The number of benzene rings is 1. The fourth-order valence-corrected chi connectivity index (χ4v) is 1.50. The van der Waals surface area contributed by atoms with Gasteiger partial charge in [0.2, 0.25) is 5.91 Å². The number of hydrogen-bond donors (Lipinski definition) is 2. The molecule has 1 heterocycles. The van der Waals surface area contributed by atoms with Gasteiger partial charge in [0.1, 0.15) is 6.04 Å². The molecule has 0 aliphatic carbocycles. The van der Waals surface area contributed by atoms with Crippen LogP contribution in [-0.2, 0) is 11.8 Å². The average Bonchev–Trinajstić information content (AvgIpc) is 2.75. The van der Waals surface area contributed by atoms with Crippen molar-refractivity contribution in [2.45, 2.75) is 6.04 Å². The molecular weight excluding hydrogens is 216 g/mol. The summed E-state index contributed by atoms with van der Waals surface area (Å²) in [4.78, 5) is 11.8. The van der Waals surface area contributed by atoms with Crippen LogP contribution in [0.2, 0.25) is 0 Å². The van der Waals surface area contributed by atoms with Crippen molar-refractivity contribution in [1.82, 2.24) is 9.78 Å². The summed E-state index contributed by atoms with van der Waals surface area (Å²) in [5, 5.41) is 6.72. The maximum atomic E-state index is 11.8. The number of nitrogens with two attached hydrogens (primary N) is 1. The van der Waals surface area contributed by atoms with E-state index in [-0.39, 0.29) is 5.91 Å². The Hall–Kier alpha value is -2.14. The molecule has 1 amide bonds. The Balaban J connectivity index is 2.06. The molecule has 0 spiro atoms.